The molecule has 2 heterocycles. The standard InChI is InChI=1S/C16H29N3O2/c1-13(20)17-8-5-14-6-9-19(10-7-14)12-15-3-4-16(21)18(2)11-15/h14-15H,3-12H2,1-2H3,(H,17,20). The molecule has 1 atom stereocenters. The molecule has 0 radical (unpaired) electrons. The van der Waals surface area contributed by atoms with E-state index in [0.29, 0.717) is 18.2 Å². The van der Waals surface area contributed by atoms with Crippen LogP contribution in [-0.4, -0.2) is 61.4 Å². The Morgan fingerprint density at radius 1 is 1.24 bits per heavy atom. The van der Waals surface area contributed by atoms with Crippen molar-refractivity contribution < 1.29 is 9.59 Å². The lowest BCUT2D eigenvalue weighted by Crippen LogP contribution is -2.44. The fourth-order valence-electron chi connectivity index (χ4n) is 3.52. The third-order valence-electron chi connectivity index (χ3n) is 4.87. The molecular formula is C16H29N3O2. The van der Waals surface area contributed by atoms with Crippen LogP contribution in [0.25, 0.3) is 0 Å². The topological polar surface area (TPSA) is 52.7 Å². The Kier molecular flexibility index (Phi) is 6.03. The van der Waals surface area contributed by atoms with Crippen molar-refractivity contribution in [3.63, 3.8) is 0 Å². The van der Waals surface area contributed by atoms with Crippen molar-refractivity contribution in [3.8, 4) is 0 Å². The molecule has 0 aromatic heterocycles. The number of hydrogen-bond acceptors (Lipinski definition) is 3. The molecule has 5 nitrogen and oxygen atoms in total. The van der Waals surface area contributed by atoms with Crippen LogP contribution in [0, 0.1) is 11.8 Å². The van der Waals surface area contributed by atoms with Crippen LogP contribution in [-0.2, 0) is 9.59 Å². The van der Waals surface area contributed by atoms with Gasteiger partial charge >= 0.3 is 0 Å². The second-order valence-electron chi connectivity index (χ2n) is 6.69. The lowest BCUT2D eigenvalue weighted by atomic mass is 9.91. The van der Waals surface area contributed by atoms with Crippen molar-refractivity contribution in [3.05, 3.63) is 0 Å². The maximum Gasteiger partial charge on any atom is 0.222 e. The van der Waals surface area contributed by atoms with Crippen LogP contribution in [0.4, 0.5) is 0 Å². The van der Waals surface area contributed by atoms with E-state index in [2.05, 4.69) is 10.2 Å². The van der Waals surface area contributed by atoms with E-state index in [-0.39, 0.29) is 5.91 Å². The van der Waals surface area contributed by atoms with E-state index in [1.54, 1.807) is 6.92 Å². The monoisotopic (exact) mass is 295 g/mol. The van der Waals surface area contributed by atoms with E-state index in [1.165, 1.54) is 25.9 Å². The summed E-state index contributed by atoms with van der Waals surface area (Å²) < 4.78 is 0. The molecule has 1 unspecified atom stereocenters. The molecule has 21 heavy (non-hydrogen) atoms. The van der Waals surface area contributed by atoms with Gasteiger partial charge in [-0.15, -0.1) is 0 Å². The molecule has 2 amide bonds. The number of nitrogens with zero attached hydrogens (tertiary/aromatic N) is 2. The quantitative estimate of drug-likeness (QED) is 0.826. The van der Waals surface area contributed by atoms with Crippen LogP contribution in [0.3, 0.4) is 0 Å². The molecule has 0 aromatic rings. The summed E-state index contributed by atoms with van der Waals surface area (Å²) in [7, 11) is 1.92. The second-order valence-corrected chi connectivity index (χ2v) is 6.69. The summed E-state index contributed by atoms with van der Waals surface area (Å²) >= 11 is 0. The summed E-state index contributed by atoms with van der Waals surface area (Å²) in [6.45, 7) is 6.78. The third-order valence-corrected chi connectivity index (χ3v) is 4.87. The molecule has 1 N–H and O–H groups in total. The zero-order valence-electron chi connectivity index (χ0n) is 13.4. The maximum atomic E-state index is 11.5. The highest BCUT2D eigenvalue weighted by atomic mass is 16.2. The molecule has 2 fully saturated rings. The Balaban J connectivity index is 1.63. The van der Waals surface area contributed by atoms with Crippen LogP contribution >= 0.6 is 0 Å². The van der Waals surface area contributed by atoms with Crippen molar-refractivity contribution >= 4 is 11.8 Å². The lowest BCUT2D eigenvalue weighted by molar-refractivity contribution is -0.133. The number of hydrogen-bond donors (Lipinski definition) is 1. The van der Waals surface area contributed by atoms with Crippen molar-refractivity contribution in [2.75, 3.05) is 39.8 Å². The average molecular weight is 295 g/mol. The van der Waals surface area contributed by atoms with Crippen LogP contribution in [0.5, 0.6) is 0 Å². The number of likely N-dealkylation sites (tertiary alicyclic amines) is 2. The minimum absolute atomic E-state index is 0.0726. The van der Waals surface area contributed by atoms with Gasteiger partial charge in [0.05, 0.1) is 0 Å². The summed E-state index contributed by atoms with van der Waals surface area (Å²) in [6.07, 6.45) is 5.34. The molecular weight excluding hydrogens is 266 g/mol. The van der Waals surface area contributed by atoms with Gasteiger partial charge in [0.25, 0.3) is 0 Å². The Hall–Kier alpha value is -1.10. The summed E-state index contributed by atoms with van der Waals surface area (Å²) in [4.78, 5) is 26.8. The Morgan fingerprint density at radius 2 is 1.95 bits per heavy atom. The predicted octanol–water partition coefficient (Wildman–Crippen LogP) is 1.09. The SMILES string of the molecule is CC(=O)NCCC1CCN(CC2CCC(=O)N(C)C2)CC1. The molecule has 5 heteroatoms. The van der Waals surface area contributed by atoms with Gasteiger partial charge in [-0.25, -0.2) is 0 Å². The normalized spacial score (nSPS) is 25.1. The van der Waals surface area contributed by atoms with Crippen LogP contribution in [0.2, 0.25) is 0 Å². The van der Waals surface area contributed by atoms with Crippen LogP contribution in [0.1, 0.15) is 39.0 Å². The van der Waals surface area contributed by atoms with Crippen molar-refractivity contribution in [1.82, 2.24) is 15.1 Å². The number of amides is 2. The van der Waals surface area contributed by atoms with E-state index < -0.39 is 0 Å². The van der Waals surface area contributed by atoms with Crippen LogP contribution in [0.15, 0.2) is 0 Å². The number of carbonyl (C=O) groups is 2. The van der Waals surface area contributed by atoms with Gasteiger partial charge in [0.2, 0.25) is 11.8 Å². The van der Waals surface area contributed by atoms with Gasteiger partial charge < -0.3 is 15.1 Å². The molecule has 2 aliphatic rings. The molecule has 0 spiro atoms. The molecule has 120 valence electrons. The van der Waals surface area contributed by atoms with Gasteiger partial charge in [-0.05, 0) is 50.6 Å². The maximum absolute atomic E-state index is 11.5. The average Bonchev–Trinajstić information content (AvgIpc) is 2.44. The second kappa shape index (κ2) is 7.78. The van der Waals surface area contributed by atoms with Gasteiger partial charge in [-0.2, -0.15) is 0 Å². The molecule has 0 saturated carbocycles. The molecule has 2 aliphatic heterocycles. The smallest absolute Gasteiger partial charge is 0.222 e. The first kappa shape index (κ1) is 16.3. The minimum atomic E-state index is 0.0726. The first-order valence-corrected chi connectivity index (χ1v) is 8.25. The zero-order valence-corrected chi connectivity index (χ0v) is 13.4. The lowest BCUT2D eigenvalue weighted by Gasteiger charge is -2.37. The third kappa shape index (κ3) is 5.30. The number of rotatable bonds is 5. The van der Waals surface area contributed by atoms with E-state index in [1.807, 2.05) is 11.9 Å². The van der Waals surface area contributed by atoms with E-state index in [4.69, 9.17) is 0 Å². The number of carbonyl (C=O) groups excluding carboxylic acids is 2. The van der Waals surface area contributed by atoms with Gasteiger partial charge in [0.1, 0.15) is 0 Å². The number of nitrogens with one attached hydrogen (secondary N) is 1. The summed E-state index contributed by atoms with van der Waals surface area (Å²) in [5, 5.41) is 2.89. The highest BCUT2D eigenvalue weighted by Crippen LogP contribution is 2.23. The zero-order chi connectivity index (χ0) is 15.2. The molecule has 2 saturated heterocycles. The van der Waals surface area contributed by atoms with E-state index in [0.717, 1.165) is 38.4 Å². The minimum Gasteiger partial charge on any atom is -0.356 e. The van der Waals surface area contributed by atoms with Crippen molar-refractivity contribution in [1.29, 1.82) is 0 Å². The van der Waals surface area contributed by atoms with Gasteiger partial charge in [0, 0.05) is 40.0 Å². The van der Waals surface area contributed by atoms with Crippen molar-refractivity contribution in [2.24, 2.45) is 11.8 Å². The highest BCUT2D eigenvalue weighted by Gasteiger charge is 2.26. The predicted molar refractivity (Wildman–Crippen MR) is 82.8 cm³/mol. The van der Waals surface area contributed by atoms with Gasteiger partial charge in [0.15, 0.2) is 0 Å². The van der Waals surface area contributed by atoms with Crippen molar-refractivity contribution in [2.45, 2.75) is 39.0 Å². The fraction of sp³-hybridized carbons (Fsp3) is 0.875. The van der Waals surface area contributed by atoms with Gasteiger partial charge in [-0.1, -0.05) is 0 Å². The molecule has 0 aromatic carbocycles. The summed E-state index contributed by atoms with van der Waals surface area (Å²) in [5.41, 5.74) is 0. The Labute approximate surface area is 128 Å². The first-order chi connectivity index (χ1) is 10.0. The number of piperidine rings is 2. The van der Waals surface area contributed by atoms with Crippen LogP contribution < -0.4 is 5.32 Å². The largest absolute Gasteiger partial charge is 0.356 e. The van der Waals surface area contributed by atoms with E-state index in [9.17, 15) is 9.59 Å². The summed E-state index contributed by atoms with van der Waals surface area (Å²) in [6, 6.07) is 0. The fourth-order valence-corrected chi connectivity index (χ4v) is 3.52. The Bertz CT molecular complexity index is 365. The van der Waals surface area contributed by atoms with E-state index >= 15 is 0 Å². The molecule has 0 bridgehead atoms. The Morgan fingerprint density at radius 3 is 2.57 bits per heavy atom. The highest BCUT2D eigenvalue weighted by molar-refractivity contribution is 5.76. The molecule has 2 rings (SSSR count). The molecule has 0 aliphatic carbocycles. The first-order valence-electron chi connectivity index (χ1n) is 8.25. The summed E-state index contributed by atoms with van der Waals surface area (Å²) in [5.74, 6) is 1.76. The van der Waals surface area contributed by atoms with Gasteiger partial charge in [-0.3, -0.25) is 9.59 Å².